The van der Waals surface area contributed by atoms with Gasteiger partial charge in [0.2, 0.25) is 0 Å². The largest absolute Gasteiger partial charge is 0.384 e. The molecule has 0 radical (unpaired) electrons. The Morgan fingerprint density at radius 1 is 1.28 bits per heavy atom. The first-order valence-corrected chi connectivity index (χ1v) is 6.96. The molecule has 2 N–H and O–H groups in total. The Hall–Kier alpha value is -1.16. The van der Waals surface area contributed by atoms with E-state index in [2.05, 4.69) is 11.9 Å². The van der Waals surface area contributed by atoms with Crippen molar-refractivity contribution in [3.8, 4) is 0 Å². The number of rotatable bonds is 2. The Kier molecular flexibility index (Phi) is 2.98. The van der Waals surface area contributed by atoms with E-state index in [0.717, 1.165) is 31.0 Å². The van der Waals surface area contributed by atoms with Gasteiger partial charge in [-0.25, -0.2) is 9.97 Å². The molecule has 98 valence electrons. The van der Waals surface area contributed by atoms with Crippen molar-refractivity contribution >= 4 is 5.82 Å². The lowest BCUT2D eigenvalue weighted by atomic mass is 9.99. The fraction of sp³-hybridized carbons (Fsp3) is 0.714. The van der Waals surface area contributed by atoms with Crippen LogP contribution in [0, 0.1) is 0 Å². The molecule has 0 spiro atoms. The molecule has 4 nitrogen and oxygen atoms in total. The zero-order chi connectivity index (χ0) is 12.6. The molecule has 1 aromatic rings. The van der Waals surface area contributed by atoms with Gasteiger partial charge in [0.25, 0.3) is 0 Å². The van der Waals surface area contributed by atoms with Gasteiger partial charge < -0.3 is 10.5 Å². The molecule has 0 amide bonds. The smallest absolute Gasteiger partial charge is 0.162 e. The zero-order valence-corrected chi connectivity index (χ0v) is 11.0. The maximum absolute atomic E-state index is 5.95. The zero-order valence-electron chi connectivity index (χ0n) is 11.0. The van der Waals surface area contributed by atoms with Gasteiger partial charge in [-0.2, -0.15) is 0 Å². The van der Waals surface area contributed by atoms with Crippen molar-refractivity contribution < 1.29 is 4.74 Å². The summed E-state index contributed by atoms with van der Waals surface area (Å²) in [6, 6.07) is 1.94. The van der Waals surface area contributed by atoms with Crippen LogP contribution in [0.3, 0.4) is 0 Å². The predicted octanol–water partition coefficient (Wildman–Crippen LogP) is 2.74. The standard InChI is InChI=1S/C14H21N3O/c1-14(7-4-8-18-14)13-16-11(9-12(15)17-13)10-5-2-3-6-10/h9-10H,2-8H2,1H3,(H2,15,16,17). The summed E-state index contributed by atoms with van der Waals surface area (Å²) in [6.07, 6.45) is 7.13. The van der Waals surface area contributed by atoms with Gasteiger partial charge in [0.05, 0.1) is 0 Å². The lowest BCUT2D eigenvalue weighted by molar-refractivity contribution is 0.00922. The van der Waals surface area contributed by atoms with Gasteiger partial charge >= 0.3 is 0 Å². The number of hydrogen-bond donors (Lipinski definition) is 1. The Morgan fingerprint density at radius 2 is 2.06 bits per heavy atom. The topological polar surface area (TPSA) is 61.0 Å². The van der Waals surface area contributed by atoms with Crippen LogP contribution < -0.4 is 5.73 Å². The second-order valence-electron chi connectivity index (χ2n) is 5.71. The fourth-order valence-corrected chi connectivity index (χ4v) is 3.11. The van der Waals surface area contributed by atoms with Gasteiger partial charge in [0.15, 0.2) is 5.82 Å². The van der Waals surface area contributed by atoms with Gasteiger partial charge in [0.1, 0.15) is 11.4 Å². The van der Waals surface area contributed by atoms with Crippen molar-refractivity contribution in [1.82, 2.24) is 9.97 Å². The van der Waals surface area contributed by atoms with Crippen molar-refractivity contribution in [2.75, 3.05) is 12.3 Å². The monoisotopic (exact) mass is 247 g/mol. The molecule has 0 aromatic carbocycles. The van der Waals surface area contributed by atoms with Crippen LogP contribution in [0.15, 0.2) is 6.07 Å². The summed E-state index contributed by atoms with van der Waals surface area (Å²) in [6.45, 7) is 2.88. The quantitative estimate of drug-likeness (QED) is 0.873. The first-order valence-electron chi connectivity index (χ1n) is 6.96. The summed E-state index contributed by atoms with van der Waals surface area (Å²) in [7, 11) is 0. The van der Waals surface area contributed by atoms with E-state index in [9.17, 15) is 0 Å². The van der Waals surface area contributed by atoms with Gasteiger partial charge in [-0.05, 0) is 32.6 Å². The minimum atomic E-state index is -0.331. The highest BCUT2D eigenvalue weighted by Crippen LogP contribution is 2.37. The molecule has 3 rings (SSSR count). The summed E-state index contributed by atoms with van der Waals surface area (Å²) >= 11 is 0. The van der Waals surface area contributed by atoms with Gasteiger partial charge in [-0.15, -0.1) is 0 Å². The van der Waals surface area contributed by atoms with E-state index in [-0.39, 0.29) is 5.60 Å². The van der Waals surface area contributed by atoms with Gasteiger partial charge in [-0.1, -0.05) is 12.8 Å². The molecule has 1 saturated heterocycles. The number of aromatic nitrogens is 2. The van der Waals surface area contributed by atoms with Crippen LogP contribution in [-0.2, 0) is 10.3 Å². The molecule has 1 atom stereocenters. The van der Waals surface area contributed by atoms with Crippen molar-refractivity contribution in [1.29, 1.82) is 0 Å². The van der Waals surface area contributed by atoms with Crippen LogP contribution in [0.4, 0.5) is 5.82 Å². The lowest BCUT2D eigenvalue weighted by Crippen LogP contribution is -2.24. The highest BCUT2D eigenvalue weighted by molar-refractivity contribution is 5.33. The third-order valence-electron chi connectivity index (χ3n) is 4.23. The van der Waals surface area contributed by atoms with Crippen LogP contribution >= 0.6 is 0 Å². The molecule has 2 heterocycles. The first kappa shape index (κ1) is 11.9. The Labute approximate surface area is 108 Å². The van der Waals surface area contributed by atoms with Crippen LogP contribution in [0.25, 0.3) is 0 Å². The number of nitrogens with zero attached hydrogens (tertiary/aromatic N) is 2. The summed E-state index contributed by atoms with van der Waals surface area (Å²) in [5, 5.41) is 0. The lowest BCUT2D eigenvalue weighted by Gasteiger charge is -2.23. The van der Waals surface area contributed by atoms with Gasteiger partial charge in [-0.3, -0.25) is 0 Å². The van der Waals surface area contributed by atoms with Crippen LogP contribution in [0.2, 0.25) is 0 Å². The number of ether oxygens (including phenoxy) is 1. The van der Waals surface area contributed by atoms with E-state index < -0.39 is 0 Å². The molecule has 4 heteroatoms. The molecule has 0 bridgehead atoms. The van der Waals surface area contributed by atoms with Crippen molar-refractivity contribution in [2.45, 2.75) is 57.0 Å². The molecule has 1 aliphatic heterocycles. The highest BCUT2D eigenvalue weighted by Gasteiger charge is 2.35. The Balaban J connectivity index is 1.94. The Bertz CT molecular complexity index is 435. The Morgan fingerprint density at radius 3 is 2.72 bits per heavy atom. The second kappa shape index (κ2) is 4.50. The normalized spacial score (nSPS) is 28.9. The molecule has 1 aliphatic carbocycles. The number of nitrogens with two attached hydrogens (primary N) is 1. The third kappa shape index (κ3) is 2.09. The average Bonchev–Trinajstić information content (AvgIpc) is 2.99. The first-order chi connectivity index (χ1) is 8.67. The predicted molar refractivity (Wildman–Crippen MR) is 70.2 cm³/mol. The molecular weight excluding hydrogens is 226 g/mol. The maximum Gasteiger partial charge on any atom is 0.162 e. The van der Waals surface area contributed by atoms with Crippen molar-refractivity contribution in [3.63, 3.8) is 0 Å². The number of hydrogen-bond acceptors (Lipinski definition) is 4. The number of nitrogen functional groups attached to an aromatic ring is 1. The van der Waals surface area contributed by atoms with E-state index in [4.69, 9.17) is 15.5 Å². The van der Waals surface area contributed by atoms with Crippen LogP contribution in [0.5, 0.6) is 0 Å². The molecule has 1 saturated carbocycles. The van der Waals surface area contributed by atoms with Gasteiger partial charge in [0, 0.05) is 24.3 Å². The van der Waals surface area contributed by atoms with Crippen LogP contribution in [0.1, 0.15) is 62.9 Å². The van der Waals surface area contributed by atoms with E-state index >= 15 is 0 Å². The summed E-state index contributed by atoms with van der Waals surface area (Å²) in [5.41, 5.74) is 6.73. The maximum atomic E-state index is 5.95. The summed E-state index contributed by atoms with van der Waals surface area (Å²) in [5.74, 6) is 1.93. The minimum absolute atomic E-state index is 0.331. The number of anilines is 1. The highest BCUT2D eigenvalue weighted by atomic mass is 16.5. The summed E-state index contributed by atoms with van der Waals surface area (Å²) in [4.78, 5) is 9.15. The minimum Gasteiger partial charge on any atom is -0.384 e. The molecule has 2 aliphatic rings. The third-order valence-corrected chi connectivity index (χ3v) is 4.23. The molecule has 18 heavy (non-hydrogen) atoms. The fourth-order valence-electron chi connectivity index (χ4n) is 3.11. The van der Waals surface area contributed by atoms with E-state index in [1.165, 1.54) is 25.7 Å². The van der Waals surface area contributed by atoms with E-state index in [0.29, 0.717) is 11.7 Å². The van der Waals surface area contributed by atoms with E-state index in [1.807, 2.05) is 6.07 Å². The second-order valence-corrected chi connectivity index (χ2v) is 5.71. The van der Waals surface area contributed by atoms with E-state index in [1.54, 1.807) is 0 Å². The molecular formula is C14H21N3O. The van der Waals surface area contributed by atoms with Crippen LogP contribution in [-0.4, -0.2) is 16.6 Å². The SMILES string of the molecule is CC1(c2nc(N)cc(C3CCCC3)n2)CCCO1. The molecule has 2 fully saturated rings. The molecule has 1 aromatic heterocycles. The average molecular weight is 247 g/mol. The van der Waals surface area contributed by atoms with Crippen molar-refractivity contribution in [3.05, 3.63) is 17.6 Å². The molecule has 1 unspecified atom stereocenters. The van der Waals surface area contributed by atoms with Crippen molar-refractivity contribution in [2.24, 2.45) is 0 Å². The summed E-state index contributed by atoms with van der Waals surface area (Å²) < 4.78 is 5.82.